The van der Waals surface area contributed by atoms with Gasteiger partial charge < -0.3 is 9.64 Å². The molecule has 1 unspecified atom stereocenters. The van der Waals surface area contributed by atoms with Crippen molar-refractivity contribution in [3.8, 4) is 0 Å². The molecule has 88 valence electrons. The Morgan fingerprint density at radius 3 is 2.81 bits per heavy atom. The molecule has 0 aromatic rings. The van der Waals surface area contributed by atoms with Gasteiger partial charge in [-0.15, -0.1) is 11.8 Å². The normalized spacial score (nSPS) is 26.0. The van der Waals surface area contributed by atoms with Gasteiger partial charge in [0.1, 0.15) is 5.76 Å². The summed E-state index contributed by atoms with van der Waals surface area (Å²) in [4.78, 5) is 25.3. The highest BCUT2D eigenvalue weighted by Crippen LogP contribution is 2.32. The summed E-state index contributed by atoms with van der Waals surface area (Å²) in [6.45, 7) is 4.10. The van der Waals surface area contributed by atoms with Gasteiger partial charge in [-0.1, -0.05) is 0 Å². The van der Waals surface area contributed by atoms with Crippen molar-refractivity contribution in [2.75, 3.05) is 12.3 Å². The van der Waals surface area contributed by atoms with Crippen molar-refractivity contribution in [2.24, 2.45) is 0 Å². The lowest BCUT2D eigenvalue weighted by molar-refractivity contribution is -0.136. The van der Waals surface area contributed by atoms with Crippen LogP contribution in [0.5, 0.6) is 0 Å². The maximum Gasteiger partial charge on any atom is 0.225 e. The summed E-state index contributed by atoms with van der Waals surface area (Å²) >= 11 is 1.49. The number of hydrogen-bond acceptors (Lipinski definition) is 4. The average molecular weight is 241 g/mol. The molecule has 16 heavy (non-hydrogen) atoms. The third-order valence-electron chi connectivity index (χ3n) is 2.78. The highest BCUT2D eigenvalue weighted by atomic mass is 32.2. The molecule has 2 aliphatic rings. The topological polar surface area (TPSA) is 46.6 Å². The molecular weight excluding hydrogens is 226 g/mol. The molecule has 0 spiro atoms. The monoisotopic (exact) mass is 241 g/mol. The van der Waals surface area contributed by atoms with Crippen molar-refractivity contribution in [1.82, 2.24) is 4.90 Å². The first-order valence-corrected chi connectivity index (χ1v) is 6.39. The molecule has 0 aromatic carbocycles. The molecule has 1 amide bonds. The van der Waals surface area contributed by atoms with Gasteiger partial charge >= 0.3 is 0 Å². The molecule has 5 heteroatoms. The molecule has 1 atom stereocenters. The lowest BCUT2D eigenvalue weighted by Gasteiger charge is -2.32. The second-order valence-electron chi connectivity index (χ2n) is 4.02. The second-order valence-corrected chi connectivity index (χ2v) is 5.05. The van der Waals surface area contributed by atoms with E-state index in [0.29, 0.717) is 22.8 Å². The van der Waals surface area contributed by atoms with E-state index < -0.39 is 0 Å². The number of ether oxygens (including phenoxy) is 1. The molecule has 2 rings (SSSR count). The van der Waals surface area contributed by atoms with Gasteiger partial charge in [-0.3, -0.25) is 9.59 Å². The molecule has 0 aromatic heterocycles. The van der Waals surface area contributed by atoms with Gasteiger partial charge in [0.2, 0.25) is 5.91 Å². The van der Waals surface area contributed by atoms with Crippen molar-refractivity contribution in [3.05, 3.63) is 10.7 Å². The Balaban J connectivity index is 2.08. The number of amides is 1. The van der Waals surface area contributed by atoms with Crippen LogP contribution in [-0.2, 0) is 14.3 Å². The molecule has 4 nitrogen and oxygen atoms in total. The van der Waals surface area contributed by atoms with Crippen molar-refractivity contribution in [1.29, 1.82) is 0 Å². The van der Waals surface area contributed by atoms with Crippen LogP contribution in [0.25, 0.3) is 0 Å². The molecule has 0 saturated carbocycles. The van der Waals surface area contributed by atoms with Crippen molar-refractivity contribution in [2.45, 2.75) is 32.9 Å². The number of likely N-dealkylation sites (tertiary alicyclic amines) is 1. The molecule has 1 fully saturated rings. The zero-order valence-corrected chi connectivity index (χ0v) is 10.3. The van der Waals surface area contributed by atoms with Crippen LogP contribution >= 0.6 is 11.8 Å². The summed E-state index contributed by atoms with van der Waals surface area (Å²) in [5, 5.41) is 0. The highest BCUT2D eigenvalue weighted by Gasteiger charge is 2.32. The number of thioether (sulfide) groups is 1. The third-order valence-corrected chi connectivity index (χ3v) is 4.10. The minimum atomic E-state index is -0.192. The fourth-order valence-electron chi connectivity index (χ4n) is 2.02. The van der Waals surface area contributed by atoms with Gasteiger partial charge in [-0.2, -0.15) is 0 Å². The number of rotatable bonds is 2. The predicted octanol–water partition coefficient (Wildman–Crippen LogP) is 1.52. The number of carbonyl (C=O) groups is 2. The van der Waals surface area contributed by atoms with Crippen LogP contribution < -0.4 is 0 Å². The fourth-order valence-corrected chi connectivity index (χ4v) is 3.04. The number of allylic oxidation sites excluding steroid dienone is 2. The van der Waals surface area contributed by atoms with Gasteiger partial charge in [0, 0.05) is 13.0 Å². The Kier molecular flexibility index (Phi) is 3.23. The Morgan fingerprint density at radius 2 is 2.31 bits per heavy atom. The lowest BCUT2D eigenvalue weighted by Crippen LogP contribution is -2.41. The molecule has 0 bridgehead atoms. The predicted molar refractivity (Wildman–Crippen MR) is 61.7 cm³/mol. The Labute approximate surface area is 99.0 Å². The van der Waals surface area contributed by atoms with E-state index in [1.165, 1.54) is 18.7 Å². The van der Waals surface area contributed by atoms with Crippen molar-refractivity contribution in [3.63, 3.8) is 0 Å². The van der Waals surface area contributed by atoms with E-state index in [4.69, 9.17) is 4.74 Å². The first kappa shape index (κ1) is 11.5. The summed E-state index contributed by atoms with van der Waals surface area (Å²) in [5.74, 6) is 1.49. The summed E-state index contributed by atoms with van der Waals surface area (Å²) in [5.41, 5.74) is 0. The quantitative estimate of drug-likeness (QED) is 0.735. The van der Waals surface area contributed by atoms with Crippen LogP contribution in [0.15, 0.2) is 10.7 Å². The third kappa shape index (κ3) is 2.09. The largest absolute Gasteiger partial charge is 0.473 e. The van der Waals surface area contributed by atoms with E-state index in [-0.39, 0.29) is 17.9 Å². The maximum absolute atomic E-state index is 11.5. The van der Waals surface area contributed by atoms with E-state index in [0.717, 1.165) is 13.0 Å². The van der Waals surface area contributed by atoms with E-state index in [1.54, 1.807) is 11.8 Å². The van der Waals surface area contributed by atoms with Crippen LogP contribution in [0.4, 0.5) is 0 Å². The smallest absolute Gasteiger partial charge is 0.225 e. The molecule has 1 saturated heterocycles. The standard InChI is InChI=1S/C11H15NO3S/c1-7(13)11-8(2)15-10(6-16-11)12-5-3-4-9(12)14/h10H,3-6H2,1-2H3. The fraction of sp³-hybridized carbons (Fsp3) is 0.636. The van der Waals surface area contributed by atoms with Crippen LogP contribution in [0.2, 0.25) is 0 Å². The van der Waals surface area contributed by atoms with Gasteiger partial charge in [-0.05, 0) is 20.3 Å². The SMILES string of the molecule is CC(=O)C1=C(C)OC(N2CCCC2=O)CS1. The second kappa shape index (κ2) is 4.49. The van der Waals surface area contributed by atoms with E-state index in [9.17, 15) is 9.59 Å². The molecule has 2 heterocycles. The van der Waals surface area contributed by atoms with Crippen molar-refractivity contribution >= 4 is 23.5 Å². The van der Waals surface area contributed by atoms with Crippen LogP contribution in [0.3, 0.4) is 0 Å². The number of ketones is 1. The van der Waals surface area contributed by atoms with Crippen molar-refractivity contribution < 1.29 is 14.3 Å². The number of nitrogens with zero attached hydrogens (tertiary/aromatic N) is 1. The maximum atomic E-state index is 11.5. The number of carbonyl (C=O) groups excluding carboxylic acids is 2. The summed E-state index contributed by atoms with van der Waals surface area (Å²) in [6, 6.07) is 0. The van der Waals surface area contributed by atoms with E-state index in [2.05, 4.69) is 0 Å². The Morgan fingerprint density at radius 1 is 1.56 bits per heavy atom. The minimum absolute atomic E-state index is 0.0358. The Bertz CT molecular complexity index is 364. The summed E-state index contributed by atoms with van der Waals surface area (Å²) < 4.78 is 5.66. The van der Waals surface area contributed by atoms with Gasteiger partial charge in [0.25, 0.3) is 0 Å². The lowest BCUT2D eigenvalue weighted by atomic mass is 10.3. The minimum Gasteiger partial charge on any atom is -0.473 e. The molecule has 2 aliphatic heterocycles. The van der Waals surface area contributed by atoms with Gasteiger partial charge in [0.15, 0.2) is 12.0 Å². The van der Waals surface area contributed by atoms with Crippen LogP contribution in [-0.4, -0.2) is 35.1 Å². The average Bonchev–Trinajstić information content (AvgIpc) is 2.63. The van der Waals surface area contributed by atoms with Gasteiger partial charge in [0.05, 0.1) is 10.7 Å². The zero-order valence-electron chi connectivity index (χ0n) is 9.49. The van der Waals surface area contributed by atoms with Crippen LogP contribution in [0, 0.1) is 0 Å². The Hall–Kier alpha value is -0.970. The van der Waals surface area contributed by atoms with E-state index in [1.807, 2.05) is 0 Å². The van der Waals surface area contributed by atoms with E-state index >= 15 is 0 Å². The first-order chi connectivity index (χ1) is 7.59. The molecule has 0 radical (unpaired) electrons. The summed E-state index contributed by atoms with van der Waals surface area (Å²) in [7, 11) is 0. The van der Waals surface area contributed by atoms with Crippen LogP contribution in [0.1, 0.15) is 26.7 Å². The highest BCUT2D eigenvalue weighted by molar-refractivity contribution is 8.04. The zero-order chi connectivity index (χ0) is 11.7. The summed E-state index contributed by atoms with van der Waals surface area (Å²) in [6.07, 6.45) is 1.33. The first-order valence-electron chi connectivity index (χ1n) is 5.40. The number of hydrogen-bond donors (Lipinski definition) is 0. The molecule has 0 N–H and O–H groups in total. The van der Waals surface area contributed by atoms with Gasteiger partial charge in [-0.25, -0.2) is 0 Å². The number of Topliss-reactive ketones (excluding diaryl/α,β-unsaturated/α-hetero) is 1. The molecular formula is C11H15NO3S. The molecule has 0 aliphatic carbocycles.